The van der Waals surface area contributed by atoms with Crippen LogP contribution in [-0.2, 0) is 17.8 Å². The number of carbonyl (C=O) groups excluding carboxylic acids is 1. The molecule has 0 bridgehead atoms. The van der Waals surface area contributed by atoms with Crippen LogP contribution in [0.5, 0.6) is 5.75 Å². The number of anilines is 1. The molecule has 30 heavy (non-hydrogen) atoms. The van der Waals surface area contributed by atoms with Crippen molar-refractivity contribution in [3.63, 3.8) is 0 Å². The number of nitrogens with one attached hydrogen (secondary N) is 1. The molecule has 3 aromatic rings. The van der Waals surface area contributed by atoms with Gasteiger partial charge in [0.25, 0.3) is 0 Å². The summed E-state index contributed by atoms with van der Waals surface area (Å²) in [7, 11) is 1.66. The third kappa shape index (κ3) is 5.54. The Hall–Kier alpha value is -2.07. The fourth-order valence-corrected chi connectivity index (χ4v) is 4.97. The first-order valence-corrected chi connectivity index (χ1v) is 11.7. The lowest BCUT2D eigenvalue weighted by molar-refractivity contribution is -0.113. The number of thioether (sulfide) groups is 1. The molecule has 0 spiro atoms. The highest BCUT2D eigenvalue weighted by Gasteiger charge is 2.15. The SMILES string of the molecule is CCn1c(Cc2ccc(OC)cc2)nnc1SCC(=O)Nc1c(C)cc(I)cc1C. The molecule has 0 aliphatic carbocycles. The van der Waals surface area contributed by atoms with Gasteiger partial charge in [-0.25, -0.2) is 0 Å². The molecule has 6 nitrogen and oxygen atoms in total. The maximum atomic E-state index is 12.5. The number of methoxy groups -OCH3 is 1. The largest absolute Gasteiger partial charge is 0.497 e. The van der Waals surface area contributed by atoms with E-state index in [1.54, 1.807) is 7.11 Å². The molecule has 0 radical (unpaired) electrons. The van der Waals surface area contributed by atoms with Crippen molar-refractivity contribution in [1.29, 1.82) is 0 Å². The molecule has 2 aromatic carbocycles. The lowest BCUT2D eigenvalue weighted by Crippen LogP contribution is -2.16. The van der Waals surface area contributed by atoms with Crippen LogP contribution < -0.4 is 10.1 Å². The van der Waals surface area contributed by atoms with E-state index in [1.165, 1.54) is 11.8 Å². The van der Waals surface area contributed by atoms with Gasteiger partial charge < -0.3 is 14.6 Å². The Bertz CT molecular complexity index is 1010. The van der Waals surface area contributed by atoms with Crippen LogP contribution in [0.2, 0.25) is 0 Å². The van der Waals surface area contributed by atoms with Crippen molar-refractivity contribution in [2.24, 2.45) is 0 Å². The highest BCUT2D eigenvalue weighted by Crippen LogP contribution is 2.24. The number of rotatable bonds is 8. The lowest BCUT2D eigenvalue weighted by atomic mass is 10.1. The summed E-state index contributed by atoms with van der Waals surface area (Å²) >= 11 is 3.69. The summed E-state index contributed by atoms with van der Waals surface area (Å²) in [5.41, 5.74) is 4.16. The summed E-state index contributed by atoms with van der Waals surface area (Å²) in [4.78, 5) is 12.5. The topological polar surface area (TPSA) is 69.0 Å². The number of carbonyl (C=O) groups is 1. The fourth-order valence-electron chi connectivity index (χ4n) is 3.21. The summed E-state index contributed by atoms with van der Waals surface area (Å²) in [6.45, 7) is 6.83. The first-order valence-electron chi connectivity index (χ1n) is 9.65. The van der Waals surface area contributed by atoms with Crippen LogP contribution in [0.3, 0.4) is 0 Å². The minimum Gasteiger partial charge on any atom is -0.497 e. The minimum absolute atomic E-state index is 0.0465. The van der Waals surface area contributed by atoms with Crippen LogP contribution in [-0.4, -0.2) is 33.5 Å². The van der Waals surface area contributed by atoms with E-state index in [9.17, 15) is 4.79 Å². The van der Waals surface area contributed by atoms with Gasteiger partial charge in [-0.05, 0) is 84.3 Å². The van der Waals surface area contributed by atoms with E-state index in [2.05, 4.69) is 61.7 Å². The molecule has 1 N–H and O–H groups in total. The number of hydrogen-bond acceptors (Lipinski definition) is 5. The number of amides is 1. The number of aryl methyl sites for hydroxylation is 2. The minimum atomic E-state index is -0.0465. The molecule has 0 saturated carbocycles. The highest BCUT2D eigenvalue weighted by atomic mass is 127. The zero-order valence-corrected chi connectivity index (χ0v) is 20.5. The highest BCUT2D eigenvalue weighted by molar-refractivity contribution is 14.1. The van der Waals surface area contributed by atoms with E-state index in [0.717, 1.165) is 49.2 Å². The molecular weight excluding hydrogens is 511 g/mol. The number of benzene rings is 2. The van der Waals surface area contributed by atoms with Gasteiger partial charge in [-0.1, -0.05) is 23.9 Å². The van der Waals surface area contributed by atoms with Crippen LogP contribution in [0, 0.1) is 17.4 Å². The Morgan fingerprint density at radius 2 is 1.83 bits per heavy atom. The Balaban J connectivity index is 1.65. The molecule has 0 unspecified atom stereocenters. The van der Waals surface area contributed by atoms with E-state index in [4.69, 9.17) is 4.74 Å². The molecule has 0 atom stereocenters. The van der Waals surface area contributed by atoms with E-state index in [-0.39, 0.29) is 11.7 Å². The van der Waals surface area contributed by atoms with Crippen LogP contribution >= 0.6 is 34.4 Å². The van der Waals surface area contributed by atoms with E-state index < -0.39 is 0 Å². The molecule has 1 amide bonds. The Morgan fingerprint density at radius 1 is 1.17 bits per heavy atom. The van der Waals surface area contributed by atoms with Crippen molar-refractivity contribution in [3.05, 3.63) is 62.5 Å². The summed E-state index contributed by atoms with van der Waals surface area (Å²) in [5, 5.41) is 12.5. The van der Waals surface area contributed by atoms with Crippen molar-refractivity contribution in [1.82, 2.24) is 14.8 Å². The zero-order chi connectivity index (χ0) is 21.7. The molecule has 0 aliphatic rings. The van der Waals surface area contributed by atoms with Gasteiger partial charge in [0.15, 0.2) is 5.16 Å². The van der Waals surface area contributed by atoms with Crippen LogP contribution in [0.25, 0.3) is 0 Å². The Kier molecular flexibility index (Phi) is 7.76. The number of aromatic nitrogens is 3. The van der Waals surface area contributed by atoms with Crippen molar-refractivity contribution >= 4 is 45.9 Å². The number of halogens is 1. The molecule has 0 aliphatic heterocycles. The molecule has 3 rings (SSSR count). The van der Waals surface area contributed by atoms with Gasteiger partial charge in [0.2, 0.25) is 5.91 Å². The molecule has 0 fully saturated rings. The Morgan fingerprint density at radius 3 is 2.43 bits per heavy atom. The summed E-state index contributed by atoms with van der Waals surface area (Å²) in [6, 6.07) is 12.1. The summed E-state index contributed by atoms with van der Waals surface area (Å²) in [5.74, 6) is 1.95. The maximum absolute atomic E-state index is 12.5. The fraction of sp³-hybridized carbons (Fsp3) is 0.318. The second-order valence-electron chi connectivity index (χ2n) is 6.92. The van der Waals surface area contributed by atoms with E-state index in [0.29, 0.717) is 6.42 Å². The molecular formula is C22H25IN4O2S. The smallest absolute Gasteiger partial charge is 0.234 e. The quantitative estimate of drug-likeness (QED) is 0.330. The molecule has 1 heterocycles. The second-order valence-corrected chi connectivity index (χ2v) is 9.11. The average molecular weight is 536 g/mol. The predicted octanol–water partition coefficient (Wildman–Crippen LogP) is 4.85. The first-order chi connectivity index (χ1) is 14.4. The van der Waals surface area contributed by atoms with E-state index >= 15 is 0 Å². The summed E-state index contributed by atoms with van der Waals surface area (Å²) in [6.07, 6.45) is 0.679. The van der Waals surface area contributed by atoms with Gasteiger partial charge >= 0.3 is 0 Å². The Labute approximate surface area is 195 Å². The van der Waals surface area contributed by atoms with Crippen molar-refractivity contribution < 1.29 is 9.53 Å². The zero-order valence-electron chi connectivity index (χ0n) is 17.5. The predicted molar refractivity (Wildman–Crippen MR) is 129 cm³/mol. The van der Waals surface area contributed by atoms with Crippen LogP contribution in [0.15, 0.2) is 41.6 Å². The summed E-state index contributed by atoms with van der Waals surface area (Å²) < 4.78 is 8.43. The molecule has 158 valence electrons. The molecule has 1 aromatic heterocycles. The standard InChI is InChI=1S/C22H25IN4O2S/c1-5-27-19(12-16-6-8-18(29-4)9-7-16)25-26-22(27)30-13-20(28)24-21-14(2)10-17(23)11-15(21)3/h6-11H,5,12-13H2,1-4H3,(H,24,28). The van der Waals surface area contributed by atoms with Gasteiger partial charge in [0.1, 0.15) is 11.6 Å². The third-order valence-electron chi connectivity index (χ3n) is 4.73. The number of nitrogens with zero attached hydrogens (tertiary/aromatic N) is 3. The first kappa shape index (κ1) is 22.6. The van der Waals surface area contributed by atoms with Crippen LogP contribution in [0.4, 0.5) is 5.69 Å². The maximum Gasteiger partial charge on any atom is 0.234 e. The molecule has 8 heteroatoms. The van der Waals surface area contributed by atoms with Gasteiger partial charge in [-0.3, -0.25) is 4.79 Å². The van der Waals surface area contributed by atoms with Gasteiger partial charge in [-0.2, -0.15) is 0 Å². The van der Waals surface area contributed by atoms with Crippen molar-refractivity contribution in [3.8, 4) is 5.75 Å². The normalized spacial score (nSPS) is 10.8. The van der Waals surface area contributed by atoms with Gasteiger partial charge in [0, 0.05) is 22.2 Å². The van der Waals surface area contributed by atoms with Crippen molar-refractivity contribution in [2.45, 2.75) is 38.9 Å². The number of hydrogen-bond donors (Lipinski definition) is 1. The monoisotopic (exact) mass is 536 g/mol. The number of ether oxygens (including phenoxy) is 1. The second kappa shape index (κ2) is 10.3. The van der Waals surface area contributed by atoms with Crippen molar-refractivity contribution in [2.75, 3.05) is 18.2 Å². The lowest BCUT2D eigenvalue weighted by Gasteiger charge is -2.12. The van der Waals surface area contributed by atoms with Gasteiger partial charge in [-0.15, -0.1) is 10.2 Å². The molecule has 0 saturated heterocycles. The van der Waals surface area contributed by atoms with Crippen LogP contribution in [0.1, 0.15) is 29.4 Å². The average Bonchev–Trinajstić information content (AvgIpc) is 3.11. The van der Waals surface area contributed by atoms with Gasteiger partial charge in [0.05, 0.1) is 12.9 Å². The van der Waals surface area contributed by atoms with E-state index in [1.807, 2.05) is 38.1 Å². The third-order valence-corrected chi connectivity index (χ3v) is 6.31.